The first-order valence-corrected chi connectivity index (χ1v) is 10.7. The molecule has 0 saturated heterocycles. The van der Waals surface area contributed by atoms with Crippen LogP contribution in [0.25, 0.3) is 0 Å². The molecule has 0 aliphatic rings. The van der Waals surface area contributed by atoms with Crippen molar-refractivity contribution in [2.45, 2.75) is 105 Å². The van der Waals surface area contributed by atoms with Crippen molar-refractivity contribution in [1.29, 1.82) is 0 Å². The van der Waals surface area contributed by atoms with E-state index in [2.05, 4.69) is 27.7 Å². The Morgan fingerprint density at radius 2 is 0.917 bits per heavy atom. The molecule has 0 aliphatic carbocycles. The van der Waals surface area contributed by atoms with Gasteiger partial charge in [0.1, 0.15) is 0 Å². The molecule has 3 heteroatoms. The van der Waals surface area contributed by atoms with E-state index in [4.69, 9.17) is 4.74 Å². The summed E-state index contributed by atoms with van der Waals surface area (Å²) < 4.78 is 7.05. The van der Waals surface area contributed by atoms with Gasteiger partial charge < -0.3 is 21.6 Å². The zero-order chi connectivity index (χ0) is 17.2. The second kappa shape index (κ2) is 19.5. The van der Waals surface area contributed by atoms with Gasteiger partial charge in [0.15, 0.2) is 6.73 Å². The molecule has 148 valence electrons. The quantitative estimate of drug-likeness (QED) is 0.205. The van der Waals surface area contributed by atoms with Crippen LogP contribution in [0.1, 0.15) is 105 Å². The average Bonchev–Trinajstić information content (AvgIpc) is 2.59. The highest BCUT2D eigenvalue weighted by Crippen LogP contribution is 2.12. The maximum Gasteiger partial charge on any atom is 0.183 e. The Hall–Kier alpha value is 0.210. The molecule has 0 bridgehead atoms. The van der Waals surface area contributed by atoms with Crippen LogP contribution in [0.2, 0.25) is 0 Å². The zero-order valence-corrected chi connectivity index (χ0v) is 18.0. The fourth-order valence-corrected chi connectivity index (χ4v) is 3.25. The molecule has 0 fully saturated rings. The van der Waals surface area contributed by atoms with Gasteiger partial charge in [0.05, 0.1) is 26.2 Å². The number of hydrogen-bond acceptors (Lipinski definition) is 1. The Bertz CT molecular complexity index is 224. The maximum absolute atomic E-state index is 5.94. The lowest BCUT2D eigenvalue weighted by atomic mass is 10.1. The van der Waals surface area contributed by atoms with Gasteiger partial charge in [0.25, 0.3) is 0 Å². The third-order valence-corrected chi connectivity index (χ3v) is 5.52. The highest BCUT2D eigenvalue weighted by Gasteiger charge is 2.20. The third kappa shape index (κ3) is 14.5. The number of quaternary nitrogens is 1. The smallest absolute Gasteiger partial charge is 0.183 e. The fourth-order valence-electron chi connectivity index (χ4n) is 3.25. The zero-order valence-electron chi connectivity index (χ0n) is 17.3. The minimum Gasteiger partial charge on any atom is -1.00 e. The standard InChI is InChI=1S/C21H46NO.ClH/c1-5-9-10-11-12-13-14-15-16-17-18-19-20-23-21-22(6-2,7-3)8-4;/h5-21H2,1-4H3;1H/q+1;/p-1. The van der Waals surface area contributed by atoms with Crippen LogP contribution in [0.5, 0.6) is 0 Å². The van der Waals surface area contributed by atoms with Crippen molar-refractivity contribution in [2.24, 2.45) is 0 Å². The lowest BCUT2D eigenvalue weighted by molar-refractivity contribution is -0.941. The predicted octanol–water partition coefficient (Wildman–Crippen LogP) is 3.54. The van der Waals surface area contributed by atoms with Crippen LogP contribution in [-0.2, 0) is 4.74 Å². The Kier molecular flexibility index (Phi) is 21.5. The van der Waals surface area contributed by atoms with Crippen molar-refractivity contribution in [1.82, 2.24) is 0 Å². The lowest BCUT2D eigenvalue weighted by Crippen LogP contribution is -3.00. The molecule has 0 spiro atoms. The van der Waals surface area contributed by atoms with Crippen LogP contribution < -0.4 is 12.4 Å². The molecule has 0 aromatic carbocycles. The number of ether oxygens (including phenoxy) is 1. The summed E-state index contributed by atoms with van der Waals surface area (Å²) >= 11 is 0. The van der Waals surface area contributed by atoms with E-state index < -0.39 is 0 Å². The minimum absolute atomic E-state index is 0. The van der Waals surface area contributed by atoms with Crippen LogP contribution in [0, 0.1) is 0 Å². The van der Waals surface area contributed by atoms with Gasteiger partial charge >= 0.3 is 0 Å². The number of nitrogens with zero attached hydrogens (tertiary/aromatic N) is 1. The van der Waals surface area contributed by atoms with E-state index in [0.29, 0.717) is 0 Å². The second-order valence-corrected chi connectivity index (χ2v) is 7.22. The topological polar surface area (TPSA) is 9.23 Å². The van der Waals surface area contributed by atoms with E-state index in [0.717, 1.165) is 17.8 Å². The van der Waals surface area contributed by atoms with E-state index in [-0.39, 0.29) is 12.4 Å². The summed E-state index contributed by atoms with van der Waals surface area (Å²) in [6.45, 7) is 14.5. The lowest BCUT2D eigenvalue weighted by Gasteiger charge is -2.35. The summed E-state index contributed by atoms with van der Waals surface area (Å²) in [5.41, 5.74) is 0. The van der Waals surface area contributed by atoms with Crippen LogP contribution in [0.4, 0.5) is 0 Å². The first-order chi connectivity index (χ1) is 11.2. The normalized spacial score (nSPS) is 11.5. The van der Waals surface area contributed by atoms with E-state index in [9.17, 15) is 0 Å². The molecule has 0 amide bonds. The van der Waals surface area contributed by atoms with Gasteiger partial charge in [-0.25, -0.2) is 0 Å². The summed E-state index contributed by atoms with van der Waals surface area (Å²) in [6.07, 6.45) is 16.9. The second-order valence-electron chi connectivity index (χ2n) is 7.22. The molecule has 0 rings (SSSR count). The monoisotopic (exact) mass is 363 g/mol. The van der Waals surface area contributed by atoms with E-state index in [1.54, 1.807) is 0 Å². The van der Waals surface area contributed by atoms with Crippen molar-refractivity contribution in [3.8, 4) is 0 Å². The van der Waals surface area contributed by atoms with Crippen LogP contribution in [-0.4, -0.2) is 37.5 Å². The molecule has 0 aliphatic heterocycles. The van der Waals surface area contributed by atoms with Gasteiger partial charge in [-0.1, -0.05) is 77.6 Å². The largest absolute Gasteiger partial charge is 1.00 e. The number of halogens is 1. The molecule has 0 N–H and O–H groups in total. The number of hydrogen-bond donors (Lipinski definition) is 0. The molecule has 0 unspecified atom stereocenters. The highest BCUT2D eigenvalue weighted by molar-refractivity contribution is 4.48. The van der Waals surface area contributed by atoms with Crippen molar-refractivity contribution in [3.63, 3.8) is 0 Å². The Labute approximate surface area is 159 Å². The molecular weight excluding hydrogens is 318 g/mol. The summed E-state index contributed by atoms with van der Waals surface area (Å²) in [7, 11) is 0. The van der Waals surface area contributed by atoms with Crippen LogP contribution >= 0.6 is 0 Å². The molecule has 0 radical (unpaired) electrons. The summed E-state index contributed by atoms with van der Waals surface area (Å²) in [5, 5.41) is 0. The summed E-state index contributed by atoms with van der Waals surface area (Å²) in [4.78, 5) is 0. The molecule has 0 aromatic rings. The molecule has 24 heavy (non-hydrogen) atoms. The first-order valence-electron chi connectivity index (χ1n) is 10.7. The van der Waals surface area contributed by atoms with Crippen LogP contribution in [0.3, 0.4) is 0 Å². The van der Waals surface area contributed by atoms with Gasteiger partial charge in [0.2, 0.25) is 0 Å². The summed E-state index contributed by atoms with van der Waals surface area (Å²) in [6, 6.07) is 0. The van der Waals surface area contributed by atoms with Gasteiger partial charge in [-0.3, -0.25) is 0 Å². The van der Waals surface area contributed by atoms with Crippen molar-refractivity contribution < 1.29 is 21.6 Å². The number of rotatable bonds is 18. The molecule has 2 nitrogen and oxygen atoms in total. The summed E-state index contributed by atoms with van der Waals surface area (Å²) in [5.74, 6) is 0. The van der Waals surface area contributed by atoms with Crippen molar-refractivity contribution in [2.75, 3.05) is 33.0 Å². The minimum atomic E-state index is 0. The van der Waals surface area contributed by atoms with E-state index in [1.807, 2.05) is 0 Å². The van der Waals surface area contributed by atoms with Crippen molar-refractivity contribution >= 4 is 0 Å². The molecular formula is C21H46ClNO. The predicted molar refractivity (Wildman–Crippen MR) is 104 cm³/mol. The third-order valence-electron chi connectivity index (χ3n) is 5.52. The van der Waals surface area contributed by atoms with Crippen LogP contribution in [0.15, 0.2) is 0 Å². The van der Waals surface area contributed by atoms with Gasteiger partial charge in [-0.2, -0.15) is 0 Å². The Morgan fingerprint density at radius 1 is 0.542 bits per heavy atom. The van der Waals surface area contributed by atoms with Gasteiger partial charge in [0, 0.05) is 0 Å². The SMILES string of the molecule is CCCCCCCCCCCCCCOC[N+](CC)(CC)CC.[Cl-]. The first kappa shape index (κ1) is 26.4. The molecule has 0 heterocycles. The molecule has 0 atom stereocenters. The Balaban J connectivity index is 0. The van der Waals surface area contributed by atoms with Gasteiger partial charge in [-0.05, 0) is 27.2 Å². The maximum atomic E-state index is 5.94. The molecule has 0 aromatic heterocycles. The van der Waals surface area contributed by atoms with E-state index in [1.165, 1.54) is 96.7 Å². The van der Waals surface area contributed by atoms with E-state index >= 15 is 0 Å². The Morgan fingerprint density at radius 3 is 1.29 bits per heavy atom. The number of unbranched alkanes of at least 4 members (excludes halogenated alkanes) is 11. The highest BCUT2D eigenvalue weighted by atomic mass is 35.5. The average molecular weight is 364 g/mol. The molecule has 0 saturated carbocycles. The van der Waals surface area contributed by atoms with Crippen molar-refractivity contribution in [3.05, 3.63) is 0 Å². The fraction of sp³-hybridized carbons (Fsp3) is 1.00. The van der Waals surface area contributed by atoms with Gasteiger partial charge in [-0.15, -0.1) is 0 Å².